The molecule has 1 aromatic heterocycles. The van der Waals surface area contributed by atoms with Crippen LogP contribution in [0, 0.1) is 0 Å². The summed E-state index contributed by atoms with van der Waals surface area (Å²) >= 11 is 0. The Kier molecular flexibility index (Phi) is 4.11. The molecule has 0 spiro atoms. The van der Waals surface area contributed by atoms with Gasteiger partial charge in [0.2, 0.25) is 0 Å². The van der Waals surface area contributed by atoms with Gasteiger partial charge < -0.3 is 10.6 Å². The lowest BCUT2D eigenvalue weighted by Crippen LogP contribution is -2.29. The van der Waals surface area contributed by atoms with Crippen molar-refractivity contribution in [1.82, 2.24) is 15.6 Å². The Hall–Kier alpha value is -0.930. The Morgan fingerprint density at radius 2 is 2.13 bits per heavy atom. The number of nitrogens with zero attached hydrogens (tertiary/aromatic N) is 1. The zero-order valence-electron chi connectivity index (χ0n) is 9.08. The topological polar surface area (TPSA) is 37.0 Å². The maximum atomic E-state index is 4.02. The summed E-state index contributed by atoms with van der Waals surface area (Å²) < 4.78 is 0. The van der Waals surface area contributed by atoms with Crippen molar-refractivity contribution in [3.05, 3.63) is 30.1 Å². The first-order valence-electron chi connectivity index (χ1n) is 5.78. The second-order valence-electron chi connectivity index (χ2n) is 4.11. The van der Waals surface area contributed by atoms with E-state index in [9.17, 15) is 0 Å². The molecule has 0 saturated carbocycles. The summed E-state index contributed by atoms with van der Waals surface area (Å²) in [5, 5.41) is 7.04. The predicted octanol–water partition coefficient (Wildman–Crippen LogP) is 1.31. The first kappa shape index (κ1) is 10.6. The summed E-state index contributed by atoms with van der Waals surface area (Å²) in [6, 6.07) is 4.82. The molecule has 1 aliphatic rings. The minimum atomic E-state index is 0.674. The highest BCUT2D eigenvalue weighted by molar-refractivity contribution is 5.09. The molecule has 1 aromatic rings. The fourth-order valence-corrected chi connectivity index (χ4v) is 1.99. The Morgan fingerprint density at radius 3 is 3.00 bits per heavy atom. The highest BCUT2D eigenvalue weighted by Crippen LogP contribution is 2.06. The Bertz CT molecular complexity index is 265. The number of pyridine rings is 1. The van der Waals surface area contributed by atoms with Crippen LogP contribution < -0.4 is 10.6 Å². The molecular weight excluding hydrogens is 186 g/mol. The molecule has 3 nitrogen and oxygen atoms in total. The lowest BCUT2D eigenvalue weighted by Gasteiger charge is -2.15. The number of aromatic nitrogens is 1. The van der Waals surface area contributed by atoms with Gasteiger partial charge in [0.1, 0.15) is 0 Å². The van der Waals surface area contributed by atoms with Crippen LogP contribution in [0.15, 0.2) is 24.5 Å². The van der Waals surface area contributed by atoms with E-state index in [-0.39, 0.29) is 0 Å². The van der Waals surface area contributed by atoms with Crippen LogP contribution >= 0.6 is 0 Å². The second kappa shape index (κ2) is 5.83. The minimum Gasteiger partial charge on any atom is -0.317 e. The second-order valence-corrected chi connectivity index (χ2v) is 4.11. The molecule has 0 bridgehead atoms. The van der Waals surface area contributed by atoms with Crippen LogP contribution in [-0.2, 0) is 6.54 Å². The van der Waals surface area contributed by atoms with Crippen molar-refractivity contribution in [2.45, 2.75) is 31.8 Å². The average molecular weight is 205 g/mol. The van der Waals surface area contributed by atoms with Gasteiger partial charge in [-0.3, -0.25) is 4.98 Å². The van der Waals surface area contributed by atoms with Crippen LogP contribution in [0.4, 0.5) is 0 Å². The molecule has 1 saturated heterocycles. The fraction of sp³-hybridized carbons (Fsp3) is 0.583. The van der Waals surface area contributed by atoms with Gasteiger partial charge >= 0.3 is 0 Å². The van der Waals surface area contributed by atoms with Crippen molar-refractivity contribution in [1.29, 1.82) is 0 Å². The van der Waals surface area contributed by atoms with Gasteiger partial charge in [-0.05, 0) is 50.0 Å². The Labute approximate surface area is 91.3 Å². The normalized spacial score (nSPS) is 22.3. The van der Waals surface area contributed by atoms with Gasteiger partial charge in [-0.1, -0.05) is 0 Å². The molecule has 0 aliphatic carbocycles. The van der Waals surface area contributed by atoms with Crippen molar-refractivity contribution in [3.63, 3.8) is 0 Å². The lowest BCUT2D eigenvalue weighted by molar-refractivity contribution is 0.468. The SMILES string of the molecule is c1cc(CNC2CCCNCC2)ccn1. The molecule has 15 heavy (non-hydrogen) atoms. The number of hydrogen-bond donors (Lipinski definition) is 2. The first-order chi connectivity index (χ1) is 7.45. The quantitative estimate of drug-likeness (QED) is 0.781. The highest BCUT2D eigenvalue weighted by atomic mass is 14.9. The highest BCUT2D eigenvalue weighted by Gasteiger charge is 2.10. The summed E-state index contributed by atoms with van der Waals surface area (Å²) in [6.45, 7) is 3.29. The van der Waals surface area contributed by atoms with Crippen molar-refractivity contribution in [3.8, 4) is 0 Å². The van der Waals surface area contributed by atoms with Crippen LogP contribution in [0.2, 0.25) is 0 Å². The van der Waals surface area contributed by atoms with E-state index < -0.39 is 0 Å². The third-order valence-corrected chi connectivity index (χ3v) is 2.92. The van der Waals surface area contributed by atoms with Crippen molar-refractivity contribution in [2.75, 3.05) is 13.1 Å². The molecule has 1 atom stereocenters. The smallest absolute Gasteiger partial charge is 0.0271 e. The van der Waals surface area contributed by atoms with E-state index in [2.05, 4.69) is 27.8 Å². The summed E-state index contributed by atoms with van der Waals surface area (Å²) in [6.07, 6.45) is 7.52. The molecule has 2 heterocycles. The Morgan fingerprint density at radius 1 is 1.27 bits per heavy atom. The molecule has 0 aromatic carbocycles. The monoisotopic (exact) mass is 205 g/mol. The third kappa shape index (κ3) is 3.61. The lowest BCUT2D eigenvalue weighted by atomic mass is 10.1. The molecule has 0 amide bonds. The minimum absolute atomic E-state index is 0.674. The summed E-state index contributed by atoms with van der Waals surface area (Å²) in [4.78, 5) is 4.02. The maximum Gasteiger partial charge on any atom is 0.0271 e. The van der Waals surface area contributed by atoms with Gasteiger partial charge in [-0.25, -0.2) is 0 Å². The molecule has 1 unspecified atom stereocenters. The molecule has 1 aliphatic heterocycles. The van der Waals surface area contributed by atoms with Crippen LogP contribution in [0.25, 0.3) is 0 Å². The Balaban J connectivity index is 1.77. The number of rotatable bonds is 3. The molecule has 0 radical (unpaired) electrons. The van der Waals surface area contributed by atoms with Gasteiger partial charge in [0.15, 0.2) is 0 Å². The molecule has 82 valence electrons. The summed E-state index contributed by atoms with van der Waals surface area (Å²) in [7, 11) is 0. The van der Waals surface area contributed by atoms with Crippen molar-refractivity contribution < 1.29 is 0 Å². The molecular formula is C12H19N3. The van der Waals surface area contributed by atoms with E-state index in [4.69, 9.17) is 0 Å². The van der Waals surface area contributed by atoms with E-state index in [0.29, 0.717) is 6.04 Å². The third-order valence-electron chi connectivity index (χ3n) is 2.92. The summed E-state index contributed by atoms with van der Waals surface area (Å²) in [5.41, 5.74) is 1.32. The van der Waals surface area contributed by atoms with E-state index in [1.165, 1.54) is 31.4 Å². The summed E-state index contributed by atoms with van der Waals surface area (Å²) in [5.74, 6) is 0. The molecule has 3 heteroatoms. The largest absolute Gasteiger partial charge is 0.317 e. The van der Waals surface area contributed by atoms with E-state index in [1.807, 2.05) is 12.4 Å². The number of hydrogen-bond acceptors (Lipinski definition) is 3. The first-order valence-corrected chi connectivity index (χ1v) is 5.78. The molecule has 1 fully saturated rings. The zero-order chi connectivity index (χ0) is 10.3. The maximum absolute atomic E-state index is 4.02. The molecule has 2 rings (SSSR count). The van der Waals surface area contributed by atoms with Crippen LogP contribution in [0.5, 0.6) is 0 Å². The standard InChI is InChI=1S/C12H19N3/c1-2-12(5-9-13-6-1)15-10-11-3-7-14-8-4-11/h3-4,7-8,12-13,15H,1-2,5-6,9-10H2. The van der Waals surface area contributed by atoms with E-state index >= 15 is 0 Å². The van der Waals surface area contributed by atoms with Crippen LogP contribution in [-0.4, -0.2) is 24.1 Å². The number of nitrogens with one attached hydrogen (secondary N) is 2. The van der Waals surface area contributed by atoms with E-state index in [0.717, 1.165) is 13.1 Å². The predicted molar refractivity (Wildman–Crippen MR) is 61.6 cm³/mol. The zero-order valence-corrected chi connectivity index (χ0v) is 9.08. The van der Waals surface area contributed by atoms with Gasteiger partial charge in [0.25, 0.3) is 0 Å². The van der Waals surface area contributed by atoms with Crippen LogP contribution in [0.1, 0.15) is 24.8 Å². The van der Waals surface area contributed by atoms with Crippen molar-refractivity contribution >= 4 is 0 Å². The van der Waals surface area contributed by atoms with Gasteiger partial charge in [-0.15, -0.1) is 0 Å². The molecule has 2 N–H and O–H groups in total. The van der Waals surface area contributed by atoms with E-state index in [1.54, 1.807) is 0 Å². The van der Waals surface area contributed by atoms with Crippen LogP contribution in [0.3, 0.4) is 0 Å². The van der Waals surface area contributed by atoms with Crippen molar-refractivity contribution in [2.24, 2.45) is 0 Å². The van der Waals surface area contributed by atoms with Gasteiger partial charge in [-0.2, -0.15) is 0 Å². The fourth-order valence-electron chi connectivity index (χ4n) is 1.99. The average Bonchev–Trinajstić information content (AvgIpc) is 2.56. The van der Waals surface area contributed by atoms with Gasteiger partial charge in [0.05, 0.1) is 0 Å². The van der Waals surface area contributed by atoms with Gasteiger partial charge in [0, 0.05) is 25.0 Å².